The molecular weight excluding hydrogens is 288 g/mol. The Morgan fingerprint density at radius 2 is 1.83 bits per heavy atom. The number of nitrogens with two attached hydrogens (primary N) is 1. The number of nitrogen functional groups attached to an aromatic ring is 1. The molecule has 2 aromatic carbocycles. The third-order valence-corrected chi connectivity index (χ3v) is 3.74. The summed E-state index contributed by atoms with van der Waals surface area (Å²) in [4.78, 5) is 0. The molecule has 2 N–H and O–H groups in total. The third-order valence-electron chi connectivity index (χ3n) is 3.24. The van der Waals surface area contributed by atoms with Crippen LogP contribution < -0.4 is 5.73 Å². The van der Waals surface area contributed by atoms with Crippen LogP contribution in [-0.4, -0.2) is 4.57 Å². The Hall–Kier alpha value is -1.74. The van der Waals surface area contributed by atoms with Gasteiger partial charge in [-0.15, -0.1) is 0 Å². The minimum atomic E-state index is 0.795. The number of hydrogen-bond donors (Lipinski definition) is 1. The Balaban J connectivity index is 2.31. The van der Waals surface area contributed by atoms with Crippen LogP contribution in [0.15, 0.2) is 53.0 Å². The van der Waals surface area contributed by atoms with Gasteiger partial charge in [0.2, 0.25) is 0 Å². The van der Waals surface area contributed by atoms with E-state index < -0.39 is 0 Å². The maximum Gasteiger partial charge on any atom is 0.0509 e. The van der Waals surface area contributed by atoms with Crippen LogP contribution in [0.1, 0.15) is 0 Å². The zero-order valence-electron chi connectivity index (χ0n) is 10.0. The highest BCUT2D eigenvalue weighted by Crippen LogP contribution is 2.32. The minimum absolute atomic E-state index is 0.795. The lowest BCUT2D eigenvalue weighted by Crippen LogP contribution is -1.95. The van der Waals surface area contributed by atoms with Crippen LogP contribution in [0.2, 0.25) is 0 Å². The highest BCUT2D eigenvalue weighted by atomic mass is 79.9. The van der Waals surface area contributed by atoms with Gasteiger partial charge in [0.25, 0.3) is 0 Å². The van der Waals surface area contributed by atoms with Crippen LogP contribution in [0.4, 0.5) is 5.69 Å². The summed E-state index contributed by atoms with van der Waals surface area (Å²) in [5.41, 5.74) is 10.3. The lowest BCUT2D eigenvalue weighted by atomic mass is 10.1. The van der Waals surface area contributed by atoms with Crippen molar-refractivity contribution in [1.29, 1.82) is 0 Å². The summed E-state index contributed by atoms with van der Waals surface area (Å²) in [6.45, 7) is 0. The summed E-state index contributed by atoms with van der Waals surface area (Å²) in [6, 6.07) is 16.5. The maximum absolute atomic E-state index is 6.08. The van der Waals surface area contributed by atoms with Crippen molar-refractivity contribution in [2.75, 3.05) is 5.73 Å². The first-order valence-corrected chi connectivity index (χ1v) is 6.56. The second kappa shape index (κ2) is 4.18. The molecule has 0 saturated carbocycles. The Bertz CT molecular complexity index is 728. The van der Waals surface area contributed by atoms with Gasteiger partial charge in [-0.2, -0.15) is 0 Å². The van der Waals surface area contributed by atoms with Gasteiger partial charge in [-0.1, -0.05) is 34.1 Å². The molecule has 18 heavy (non-hydrogen) atoms. The second-order valence-corrected chi connectivity index (χ2v) is 5.29. The monoisotopic (exact) mass is 300 g/mol. The Morgan fingerprint density at radius 3 is 2.61 bits per heavy atom. The number of aryl methyl sites for hydroxylation is 1. The van der Waals surface area contributed by atoms with E-state index in [4.69, 9.17) is 5.73 Å². The van der Waals surface area contributed by atoms with Crippen LogP contribution in [0, 0.1) is 0 Å². The number of rotatable bonds is 1. The molecule has 0 saturated heterocycles. The van der Waals surface area contributed by atoms with Crippen molar-refractivity contribution in [3.05, 3.63) is 53.0 Å². The summed E-state index contributed by atoms with van der Waals surface area (Å²) >= 11 is 3.50. The molecule has 0 atom stereocenters. The van der Waals surface area contributed by atoms with Crippen LogP contribution in [0.25, 0.3) is 22.2 Å². The smallest absolute Gasteiger partial charge is 0.0509 e. The van der Waals surface area contributed by atoms with E-state index in [0.717, 1.165) is 21.4 Å². The molecule has 0 fully saturated rings. The van der Waals surface area contributed by atoms with Crippen molar-refractivity contribution in [2.24, 2.45) is 7.05 Å². The molecule has 3 heteroatoms. The van der Waals surface area contributed by atoms with Gasteiger partial charge in [0.1, 0.15) is 0 Å². The van der Waals surface area contributed by atoms with E-state index in [1.807, 2.05) is 12.1 Å². The number of aromatic nitrogens is 1. The molecule has 3 rings (SSSR count). The van der Waals surface area contributed by atoms with E-state index in [1.165, 1.54) is 10.9 Å². The third kappa shape index (κ3) is 1.71. The van der Waals surface area contributed by atoms with Gasteiger partial charge in [0, 0.05) is 33.7 Å². The molecular formula is C15H13BrN2. The molecule has 1 aromatic heterocycles. The van der Waals surface area contributed by atoms with Crippen molar-refractivity contribution in [3.8, 4) is 11.3 Å². The van der Waals surface area contributed by atoms with Crippen molar-refractivity contribution >= 4 is 32.5 Å². The molecule has 0 bridgehead atoms. The van der Waals surface area contributed by atoms with Gasteiger partial charge in [0.05, 0.1) is 5.69 Å². The maximum atomic E-state index is 6.08. The highest BCUT2D eigenvalue weighted by Gasteiger charge is 2.10. The molecule has 3 aromatic rings. The molecule has 1 heterocycles. The van der Waals surface area contributed by atoms with E-state index in [9.17, 15) is 0 Å². The fourth-order valence-electron chi connectivity index (χ4n) is 2.30. The Labute approximate surface area is 114 Å². The average molecular weight is 301 g/mol. The van der Waals surface area contributed by atoms with Crippen LogP contribution in [0.3, 0.4) is 0 Å². The number of fused-ring (bicyclic) bond motifs is 1. The molecule has 90 valence electrons. The van der Waals surface area contributed by atoms with E-state index in [2.05, 4.69) is 63.9 Å². The summed E-state index contributed by atoms with van der Waals surface area (Å²) in [5, 5.41) is 1.23. The van der Waals surface area contributed by atoms with E-state index in [-0.39, 0.29) is 0 Å². The first-order valence-electron chi connectivity index (χ1n) is 5.76. The lowest BCUT2D eigenvalue weighted by molar-refractivity contribution is 0.978. The molecule has 0 spiro atoms. The van der Waals surface area contributed by atoms with Gasteiger partial charge in [-0.25, -0.2) is 0 Å². The van der Waals surface area contributed by atoms with Gasteiger partial charge in [0.15, 0.2) is 0 Å². The first-order chi connectivity index (χ1) is 8.66. The minimum Gasteiger partial charge on any atom is -0.398 e. The van der Waals surface area contributed by atoms with Crippen molar-refractivity contribution < 1.29 is 0 Å². The van der Waals surface area contributed by atoms with Crippen molar-refractivity contribution in [3.63, 3.8) is 0 Å². The normalized spacial score (nSPS) is 11.0. The molecule has 0 aliphatic rings. The van der Waals surface area contributed by atoms with Crippen LogP contribution in [0.5, 0.6) is 0 Å². The van der Waals surface area contributed by atoms with E-state index >= 15 is 0 Å². The number of hydrogen-bond acceptors (Lipinski definition) is 1. The largest absolute Gasteiger partial charge is 0.398 e. The quantitative estimate of drug-likeness (QED) is 0.671. The fourth-order valence-corrected chi connectivity index (χ4v) is 2.66. The zero-order valence-corrected chi connectivity index (χ0v) is 11.6. The summed E-state index contributed by atoms with van der Waals surface area (Å²) in [5.74, 6) is 0. The highest BCUT2D eigenvalue weighted by molar-refractivity contribution is 9.10. The number of benzene rings is 2. The van der Waals surface area contributed by atoms with Gasteiger partial charge < -0.3 is 10.3 Å². The van der Waals surface area contributed by atoms with E-state index in [0.29, 0.717) is 0 Å². The fraction of sp³-hybridized carbons (Fsp3) is 0.0667. The Kier molecular flexibility index (Phi) is 2.63. The number of anilines is 1. The van der Waals surface area contributed by atoms with Crippen LogP contribution >= 0.6 is 15.9 Å². The predicted octanol–water partition coefficient (Wildman–Crippen LogP) is 4.19. The SMILES string of the molecule is Cn1c(-c2cc(Br)ccc2N)cc2ccccc21. The molecule has 2 nitrogen and oxygen atoms in total. The standard InChI is InChI=1S/C15H13BrN2/c1-18-14-5-3-2-4-10(14)8-15(18)12-9-11(16)6-7-13(12)17/h2-9H,17H2,1H3. The molecule has 0 amide bonds. The molecule has 0 unspecified atom stereocenters. The summed E-state index contributed by atoms with van der Waals surface area (Å²) in [7, 11) is 2.07. The number of halogens is 1. The summed E-state index contributed by atoms with van der Waals surface area (Å²) in [6.07, 6.45) is 0. The van der Waals surface area contributed by atoms with Crippen molar-refractivity contribution in [1.82, 2.24) is 4.57 Å². The van der Waals surface area contributed by atoms with Crippen molar-refractivity contribution in [2.45, 2.75) is 0 Å². The van der Waals surface area contributed by atoms with Gasteiger partial charge in [-0.3, -0.25) is 0 Å². The summed E-state index contributed by atoms with van der Waals surface area (Å²) < 4.78 is 3.21. The zero-order chi connectivity index (χ0) is 12.7. The second-order valence-electron chi connectivity index (χ2n) is 4.38. The molecule has 0 aliphatic carbocycles. The van der Waals surface area contributed by atoms with Crippen LogP contribution in [-0.2, 0) is 7.05 Å². The predicted molar refractivity (Wildman–Crippen MR) is 80.5 cm³/mol. The van der Waals surface area contributed by atoms with Gasteiger partial charge in [-0.05, 0) is 30.3 Å². The number of para-hydroxylation sites is 1. The topological polar surface area (TPSA) is 30.9 Å². The lowest BCUT2D eigenvalue weighted by Gasteiger charge is -2.08. The molecule has 0 aliphatic heterocycles. The average Bonchev–Trinajstić information content (AvgIpc) is 2.71. The Morgan fingerprint density at radius 1 is 1.06 bits per heavy atom. The first kappa shape index (κ1) is 11.4. The molecule has 0 radical (unpaired) electrons. The van der Waals surface area contributed by atoms with Gasteiger partial charge >= 0.3 is 0 Å². The number of nitrogens with zero attached hydrogens (tertiary/aromatic N) is 1. The van der Waals surface area contributed by atoms with E-state index in [1.54, 1.807) is 0 Å².